The van der Waals surface area contributed by atoms with Crippen LogP contribution in [0.1, 0.15) is 89.1 Å². The SMILES string of the molecule is [CH2-]c1ccc(C(C)(C)C)cc1-c1cc(CC(C)C)c([Si](C)(C)C)c[n+]1[CH2-].[CH2-]c1ccc2c(sc3c(-c4ccc(F)cc4)cccc32)c1-c1cc(C(C)C(C)C)cc[n+]1[CH2-].[Ir]. The van der Waals surface area contributed by atoms with E-state index in [-0.39, 0.29) is 31.3 Å². The van der Waals surface area contributed by atoms with Gasteiger partial charge in [-0.3, -0.25) is 0 Å². The summed E-state index contributed by atoms with van der Waals surface area (Å²) >= 11 is 1.78. The quantitative estimate of drug-likeness (QED) is 0.0814. The van der Waals surface area contributed by atoms with E-state index in [2.05, 4.69) is 187 Å². The Hall–Kier alpha value is -4.32. The van der Waals surface area contributed by atoms with Crippen LogP contribution in [-0.2, 0) is 31.9 Å². The van der Waals surface area contributed by atoms with E-state index in [1.807, 2.05) is 16.7 Å². The van der Waals surface area contributed by atoms with Crippen LogP contribution in [0, 0.1) is 45.6 Å². The molecule has 0 spiro atoms. The molecule has 60 heavy (non-hydrogen) atoms. The van der Waals surface area contributed by atoms with E-state index < -0.39 is 8.07 Å². The number of aromatic nitrogens is 2. The molecule has 0 saturated heterocycles. The van der Waals surface area contributed by atoms with Gasteiger partial charge >= 0.3 is 0 Å². The van der Waals surface area contributed by atoms with Gasteiger partial charge in [0.1, 0.15) is 5.82 Å². The van der Waals surface area contributed by atoms with Gasteiger partial charge in [-0.05, 0) is 73.5 Å². The van der Waals surface area contributed by atoms with E-state index in [0.29, 0.717) is 17.8 Å². The van der Waals surface area contributed by atoms with Crippen LogP contribution in [0.5, 0.6) is 0 Å². The topological polar surface area (TPSA) is 7.76 Å². The second kappa shape index (κ2) is 18.3. The fourth-order valence-electron chi connectivity index (χ4n) is 7.90. The van der Waals surface area contributed by atoms with E-state index in [1.54, 1.807) is 11.3 Å². The molecule has 0 bridgehead atoms. The summed E-state index contributed by atoms with van der Waals surface area (Å²) in [4.78, 5) is 0. The zero-order valence-electron chi connectivity index (χ0n) is 37.6. The molecule has 3 aromatic heterocycles. The van der Waals surface area contributed by atoms with Crippen LogP contribution in [0.3, 0.4) is 0 Å². The fourth-order valence-corrected chi connectivity index (χ4v) is 11.0. The summed E-state index contributed by atoms with van der Waals surface area (Å²) in [7, 11) is 7.18. The van der Waals surface area contributed by atoms with Crippen LogP contribution in [0.4, 0.5) is 4.39 Å². The minimum Gasteiger partial charge on any atom is -0.343 e. The summed E-state index contributed by atoms with van der Waals surface area (Å²) < 4.78 is 20.0. The van der Waals surface area contributed by atoms with Crippen LogP contribution >= 0.6 is 11.3 Å². The standard InChI is InChI=1S/C30H27FNS.C24H36NSi.Ir/c1-18(2)20(4)22-15-16-32(5)27(17-22)28-19(3)9-14-26-25-8-6-7-24(29(25)33-30(26)28)21-10-12-23(31)13-11-21;1-17(2)13-19-14-22(25(7)16-23(19)26(8,9)10)21-15-20(24(4,5)6)12-11-18(21)3;/h6-18,20H,3,5H2,1-2,4H3;11-12,14-17H,3,7,13H2,1-2,4-6,8-10H3;/q2*-1;. The van der Waals surface area contributed by atoms with Crippen molar-refractivity contribution in [2.45, 2.75) is 92.8 Å². The van der Waals surface area contributed by atoms with Crippen molar-refractivity contribution in [3.63, 3.8) is 0 Å². The van der Waals surface area contributed by atoms with Crippen molar-refractivity contribution in [3.8, 4) is 33.6 Å². The predicted molar refractivity (Wildman–Crippen MR) is 256 cm³/mol. The summed E-state index contributed by atoms with van der Waals surface area (Å²) in [6.45, 7) is 34.1. The zero-order chi connectivity index (χ0) is 43.1. The first-order chi connectivity index (χ1) is 27.6. The van der Waals surface area contributed by atoms with Gasteiger partial charge in [0, 0.05) is 38.9 Å². The summed E-state index contributed by atoms with van der Waals surface area (Å²) in [6.07, 6.45) is 5.44. The average Bonchev–Trinajstić information content (AvgIpc) is 3.54. The van der Waals surface area contributed by atoms with Crippen molar-refractivity contribution in [3.05, 3.63) is 165 Å². The molecule has 0 aliphatic rings. The Balaban J connectivity index is 0.000000231. The molecule has 0 amide bonds. The molecule has 7 rings (SSSR count). The smallest absolute Gasteiger partial charge is 0.123 e. The third kappa shape index (κ3) is 9.90. The van der Waals surface area contributed by atoms with Crippen molar-refractivity contribution in [2.24, 2.45) is 11.8 Å². The van der Waals surface area contributed by atoms with E-state index in [4.69, 9.17) is 0 Å². The van der Waals surface area contributed by atoms with Gasteiger partial charge in [-0.2, -0.15) is 37.1 Å². The first kappa shape index (κ1) is 46.7. The largest absolute Gasteiger partial charge is 0.343 e. The molecule has 6 heteroatoms. The number of benzene rings is 4. The Labute approximate surface area is 379 Å². The third-order valence-electron chi connectivity index (χ3n) is 11.7. The Morgan fingerprint density at radius 1 is 0.717 bits per heavy atom. The molecule has 2 nitrogen and oxygen atoms in total. The Kier molecular flexibility index (Phi) is 14.3. The maximum Gasteiger partial charge on any atom is 0.123 e. The fraction of sp³-hybridized carbons (Fsp3) is 0.296. The maximum atomic E-state index is 13.5. The first-order valence-electron chi connectivity index (χ1n) is 21.0. The zero-order valence-corrected chi connectivity index (χ0v) is 41.8. The second-order valence-electron chi connectivity index (χ2n) is 19.2. The molecule has 0 aliphatic heterocycles. The van der Waals surface area contributed by atoms with Gasteiger partial charge in [-0.15, -0.1) is 35.1 Å². The second-order valence-corrected chi connectivity index (χ2v) is 25.2. The number of thiophene rings is 1. The molecular formula is C54H63FIrN2SSi-2. The van der Waals surface area contributed by atoms with Gasteiger partial charge < -0.3 is 9.13 Å². The van der Waals surface area contributed by atoms with E-state index >= 15 is 0 Å². The average molecular weight is 1010 g/mol. The molecular weight excluding hydrogens is 948 g/mol. The molecule has 0 fully saturated rings. The van der Waals surface area contributed by atoms with E-state index in [0.717, 1.165) is 39.9 Å². The number of halogens is 1. The van der Waals surface area contributed by atoms with Crippen LogP contribution in [0.25, 0.3) is 53.8 Å². The first-order valence-corrected chi connectivity index (χ1v) is 25.3. The van der Waals surface area contributed by atoms with E-state index in [1.165, 1.54) is 65.4 Å². The Bertz CT molecular complexity index is 2630. The molecule has 3 heterocycles. The summed E-state index contributed by atoms with van der Waals surface area (Å²) in [6, 6.07) is 30.8. The number of nitrogens with zero attached hydrogens (tertiary/aromatic N) is 2. The minimum atomic E-state index is -1.43. The molecule has 317 valence electrons. The molecule has 0 aliphatic carbocycles. The molecule has 1 radical (unpaired) electrons. The van der Waals surface area contributed by atoms with Gasteiger partial charge in [-0.1, -0.05) is 146 Å². The number of hydrogen-bond acceptors (Lipinski definition) is 1. The summed E-state index contributed by atoms with van der Waals surface area (Å²) in [5.74, 6) is 1.42. The number of pyridine rings is 2. The maximum absolute atomic E-state index is 13.5. The number of rotatable bonds is 8. The van der Waals surface area contributed by atoms with Crippen molar-refractivity contribution >= 4 is 44.8 Å². The summed E-state index contributed by atoms with van der Waals surface area (Å²) in [5, 5.41) is 3.94. The van der Waals surface area contributed by atoms with Crippen LogP contribution < -0.4 is 14.3 Å². The molecule has 7 aromatic rings. The molecule has 4 aromatic carbocycles. The van der Waals surface area contributed by atoms with Gasteiger partial charge in [0.05, 0.1) is 31.9 Å². The van der Waals surface area contributed by atoms with Gasteiger partial charge in [0.2, 0.25) is 0 Å². The predicted octanol–water partition coefficient (Wildman–Crippen LogP) is 13.9. The molecule has 1 atom stereocenters. The van der Waals surface area contributed by atoms with Crippen molar-refractivity contribution in [1.29, 1.82) is 0 Å². The molecule has 0 N–H and O–H groups in total. The van der Waals surface area contributed by atoms with Crippen LogP contribution in [0.2, 0.25) is 19.6 Å². The third-order valence-corrected chi connectivity index (χ3v) is 15.0. The minimum absolute atomic E-state index is 0. The van der Waals surface area contributed by atoms with E-state index in [9.17, 15) is 4.39 Å². The molecule has 0 saturated carbocycles. The monoisotopic (exact) mass is 1010 g/mol. The number of fused-ring (bicyclic) bond motifs is 3. The van der Waals surface area contributed by atoms with Crippen molar-refractivity contribution in [2.75, 3.05) is 0 Å². The Morgan fingerprint density at radius 2 is 1.37 bits per heavy atom. The summed E-state index contributed by atoms with van der Waals surface area (Å²) in [5.41, 5.74) is 13.0. The van der Waals surface area contributed by atoms with Crippen LogP contribution in [0.15, 0.2) is 103 Å². The van der Waals surface area contributed by atoms with Gasteiger partial charge in [0.15, 0.2) is 0 Å². The van der Waals surface area contributed by atoms with Gasteiger partial charge in [-0.25, -0.2) is 4.39 Å². The van der Waals surface area contributed by atoms with Crippen molar-refractivity contribution < 1.29 is 33.6 Å². The van der Waals surface area contributed by atoms with Crippen molar-refractivity contribution in [1.82, 2.24) is 0 Å². The van der Waals surface area contributed by atoms with Crippen LogP contribution in [-0.4, -0.2) is 8.07 Å². The normalized spacial score (nSPS) is 12.4. The Morgan fingerprint density at radius 3 is 1.98 bits per heavy atom. The number of hydrogen-bond donors (Lipinski definition) is 0. The molecule has 1 unspecified atom stereocenters. The van der Waals surface area contributed by atoms with Gasteiger partial charge in [0.25, 0.3) is 0 Å².